The molecule has 2 aromatic rings. The zero-order chi connectivity index (χ0) is 17.5. The van der Waals surface area contributed by atoms with Gasteiger partial charge in [-0.1, -0.05) is 15.9 Å². The van der Waals surface area contributed by atoms with Crippen LogP contribution >= 0.6 is 15.9 Å². The Hall–Kier alpha value is -2.02. The van der Waals surface area contributed by atoms with Crippen molar-refractivity contribution in [2.75, 3.05) is 31.6 Å². The number of aromatic nitrogens is 2. The van der Waals surface area contributed by atoms with E-state index in [1.807, 2.05) is 30.2 Å². The molecule has 1 aliphatic heterocycles. The zero-order valence-electron chi connectivity index (χ0n) is 14.5. The topological polar surface area (TPSA) is 57.5 Å². The number of rotatable bonds is 6. The van der Waals surface area contributed by atoms with Gasteiger partial charge in [-0.3, -0.25) is 9.67 Å². The molecule has 1 atom stereocenters. The standard InChI is InChI=1S/C18H25BrN6/c1-20-18(21-9-2-11-25-12-3-10-22-25)23-16-8-13-24(14-16)17-6-4-15(19)5-7-17/h3-7,10,12,16H,2,8-9,11,13-14H2,1H3,(H2,20,21,23). The number of anilines is 1. The molecule has 0 radical (unpaired) electrons. The van der Waals surface area contributed by atoms with Crippen molar-refractivity contribution >= 4 is 27.6 Å². The van der Waals surface area contributed by atoms with E-state index < -0.39 is 0 Å². The molecular weight excluding hydrogens is 380 g/mol. The minimum absolute atomic E-state index is 0.418. The van der Waals surface area contributed by atoms with Gasteiger partial charge in [0.25, 0.3) is 0 Å². The molecule has 0 aliphatic carbocycles. The quantitative estimate of drug-likeness (QED) is 0.441. The summed E-state index contributed by atoms with van der Waals surface area (Å²) in [6, 6.07) is 10.9. The maximum absolute atomic E-state index is 4.34. The Morgan fingerprint density at radius 1 is 1.36 bits per heavy atom. The lowest BCUT2D eigenvalue weighted by Gasteiger charge is -2.20. The molecule has 134 valence electrons. The molecule has 0 bridgehead atoms. The van der Waals surface area contributed by atoms with E-state index in [2.05, 4.69) is 65.8 Å². The van der Waals surface area contributed by atoms with Crippen LogP contribution in [0.1, 0.15) is 12.8 Å². The second kappa shape index (κ2) is 8.89. The van der Waals surface area contributed by atoms with Crippen LogP contribution in [0, 0.1) is 0 Å². The number of hydrogen-bond donors (Lipinski definition) is 2. The smallest absolute Gasteiger partial charge is 0.191 e. The van der Waals surface area contributed by atoms with Gasteiger partial charge < -0.3 is 15.5 Å². The minimum atomic E-state index is 0.418. The van der Waals surface area contributed by atoms with Crippen LogP contribution in [0.3, 0.4) is 0 Å². The maximum Gasteiger partial charge on any atom is 0.191 e. The molecule has 1 aliphatic rings. The first kappa shape index (κ1) is 17.8. The summed E-state index contributed by atoms with van der Waals surface area (Å²) in [7, 11) is 1.82. The van der Waals surface area contributed by atoms with E-state index in [0.717, 1.165) is 49.5 Å². The van der Waals surface area contributed by atoms with Gasteiger partial charge in [-0.25, -0.2) is 0 Å². The highest BCUT2D eigenvalue weighted by atomic mass is 79.9. The predicted molar refractivity (Wildman–Crippen MR) is 106 cm³/mol. The third kappa shape index (κ3) is 5.22. The predicted octanol–water partition coefficient (Wildman–Crippen LogP) is 2.48. The molecule has 2 N–H and O–H groups in total. The molecule has 0 spiro atoms. The highest BCUT2D eigenvalue weighted by Crippen LogP contribution is 2.22. The molecule has 3 rings (SSSR count). The van der Waals surface area contributed by atoms with E-state index in [0.29, 0.717) is 6.04 Å². The highest BCUT2D eigenvalue weighted by Gasteiger charge is 2.23. The normalized spacial score (nSPS) is 17.8. The van der Waals surface area contributed by atoms with E-state index in [1.54, 1.807) is 0 Å². The van der Waals surface area contributed by atoms with E-state index in [4.69, 9.17) is 0 Å². The lowest BCUT2D eigenvalue weighted by molar-refractivity contribution is 0.566. The Balaban J connectivity index is 1.40. The first-order valence-electron chi connectivity index (χ1n) is 8.70. The van der Waals surface area contributed by atoms with Crippen LogP contribution in [0.5, 0.6) is 0 Å². The molecule has 0 amide bonds. The molecule has 1 aromatic heterocycles. The maximum atomic E-state index is 4.34. The van der Waals surface area contributed by atoms with E-state index in [-0.39, 0.29) is 0 Å². The number of halogens is 1. The third-order valence-electron chi connectivity index (χ3n) is 4.36. The monoisotopic (exact) mass is 404 g/mol. The summed E-state index contributed by atoms with van der Waals surface area (Å²) in [5.41, 5.74) is 1.27. The van der Waals surface area contributed by atoms with Crippen molar-refractivity contribution in [1.29, 1.82) is 0 Å². The lowest BCUT2D eigenvalue weighted by atomic mass is 10.2. The van der Waals surface area contributed by atoms with Crippen LogP contribution in [0.4, 0.5) is 5.69 Å². The van der Waals surface area contributed by atoms with Gasteiger partial charge in [-0.2, -0.15) is 5.10 Å². The van der Waals surface area contributed by atoms with Gasteiger partial charge in [-0.05, 0) is 43.2 Å². The highest BCUT2D eigenvalue weighted by molar-refractivity contribution is 9.10. The van der Waals surface area contributed by atoms with E-state index >= 15 is 0 Å². The van der Waals surface area contributed by atoms with Crippen molar-refractivity contribution in [3.05, 3.63) is 47.2 Å². The van der Waals surface area contributed by atoms with Crippen molar-refractivity contribution in [2.45, 2.75) is 25.4 Å². The number of aryl methyl sites for hydroxylation is 1. The average molecular weight is 405 g/mol. The number of benzene rings is 1. The van der Waals surface area contributed by atoms with Crippen molar-refractivity contribution in [2.24, 2.45) is 4.99 Å². The Labute approximate surface area is 157 Å². The molecule has 1 fully saturated rings. The van der Waals surface area contributed by atoms with Crippen LogP contribution < -0.4 is 15.5 Å². The fourth-order valence-electron chi connectivity index (χ4n) is 3.03. The van der Waals surface area contributed by atoms with Crippen LogP contribution in [0.15, 0.2) is 52.2 Å². The SMILES string of the molecule is CN=C(NCCCn1cccn1)NC1CCN(c2ccc(Br)cc2)C1. The van der Waals surface area contributed by atoms with Crippen LogP contribution in [-0.4, -0.2) is 48.5 Å². The summed E-state index contributed by atoms with van der Waals surface area (Å²) in [5.74, 6) is 0.878. The summed E-state index contributed by atoms with van der Waals surface area (Å²) in [6.07, 6.45) is 5.93. The van der Waals surface area contributed by atoms with Crippen LogP contribution in [0.25, 0.3) is 0 Å². The number of nitrogens with zero attached hydrogens (tertiary/aromatic N) is 4. The second-order valence-electron chi connectivity index (χ2n) is 6.17. The largest absolute Gasteiger partial charge is 0.369 e. The summed E-state index contributed by atoms with van der Waals surface area (Å²) in [5, 5.41) is 11.1. The lowest BCUT2D eigenvalue weighted by Crippen LogP contribution is -2.45. The van der Waals surface area contributed by atoms with E-state index in [1.165, 1.54) is 5.69 Å². The van der Waals surface area contributed by atoms with Gasteiger partial charge in [0.05, 0.1) is 0 Å². The summed E-state index contributed by atoms with van der Waals surface area (Å²) in [4.78, 5) is 6.75. The molecule has 2 heterocycles. The Kier molecular flexibility index (Phi) is 6.33. The Bertz CT molecular complexity index is 667. The van der Waals surface area contributed by atoms with Crippen molar-refractivity contribution in [3.63, 3.8) is 0 Å². The third-order valence-corrected chi connectivity index (χ3v) is 4.89. The van der Waals surface area contributed by atoms with Crippen LogP contribution in [-0.2, 0) is 6.54 Å². The van der Waals surface area contributed by atoms with Gasteiger partial charge in [-0.15, -0.1) is 0 Å². The number of guanidine groups is 1. The van der Waals surface area contributed by atoms with Gasteiger partial charge in [0.15, 0.2) is 5.96 Å². The van der Waals surface area contributed by atoms with Crippen LogP contribution in [0.2, 0.25) is 0 Å². The Morgan fingerprint density at radius 3 is 2.92 bits per heavy atom. The van der Waals surface area contributed by atoms with Crippen molar-refractivity contribution in [3.8, 4) is 0 Å². The van der Waals surface area contributed by atoms with Crippen molar-refractivity contribution in [1.82, 2.24) is 20.4 Å². The summed E-state index contributed by atoms with van der Waals surface area (Å²) < 4.78 is 3.06. The molecule has 25 heavy (non-hydrogen) atoms. The van der Waals surface area contributed by atoms with Gasteiger partial charge >= 0.3 is 0 Å². The first-order chi connectivity index (χ1) is 12.2. The average Bonchev–Trinajstić information content (AvgIpc) is 3.30. The molecule has 6 nitrogen and oxygen atoms in total. The second-order valence-corrected chi connectivity index (χ2v) is 7.09. The molecule has 0 saturated carbocycles. The summed E-state index contributed by atoms with van der Waals surface area (Å²) in [6.45, 7) is 3.85. The fourth-order valence-corrected chi connectivity index (χ4v) is 3.30. The minimum Gasteiger partial charge on any atom is -0.369 e. The van der Waals surface area contributed by atoms with Gasteiger partial charge in [0.2, 0.25) is 0 Å². The first-order valence-corrected chi connectivity index (χ1v) is 9.49. The fraction of sp³-hybridized carbons (Fsp3) is 0.444. The van der Waals surface area contributed by atoms with E-state index in [9.17, 15) is 0 Å². The molecular formula is C18H25BrN6. The van der Waals surface area contributed by atoms with Gasteiger partial charge in [0.1, 0.15) is 0 Å². The zero-order valence-corrected chi connectivity index (χ0v) is 16.1. The van der Waals surface area contributed by atoms with Crippen molar-refractivity contribution < 1.29 is 0 Å². The molecule has 1 saturated heterocycles. The number of nitrogens with one attached hydrogen (secondary N) is 2. The number of hydrogen-bond acceptors (Lipinski definition) is 3. The Morgan fingerprint density at radius 2 is 2.20 bits per heavy atom. The molecule has 7 heteroatoms. The molecule has 1 unspecified atom stereocenters. The molecule has 1 aromatic carbocycles. The summed E-state index contributed by atoms with van der Waals surface area (Å²) >= 11 is 3.49. The van der Waals surface area contributed by atoms with Gasteiger partial charge in [0, 0.05) is 61.8 Å². The number of aliphatic imine (C=N–C) groups is 1.